The smallest absolute Gasteiger partial charge is 0.183 e. The fourth-order valence-electron chi connectivity index (χ4n) is 0.503. The van der Waals surface area contributed by atoms with Crippen LogP contribution in [0.4, 0.5) is 0 Å². The average molecular weight is 200 g/mol. The van der Waals surface area contributed by atoms with Crippen molar-refractivity contribution in [2.24, 2.45) is 0 Å². The maximum absolute atomic E-state index is 9.68. The number of benzene rings is 1. The van der Waals surface area contributed by atoms with E-state index >= 15 is 0 Å². The Hall–Kier alpha value is -1.59. The van der Waals surface area contributed by atoms with Crippen LogP contribution in [-0.2, 0) is 4.79 Å². The number of ketones is 1. The van der Waals surface area contributed by atoms with Crippen LogP contribution in [-0.4, -0.2) is 39.4 Å². The Morgan fingerprint density at radius 1 is 0.929 bits per heavy atom. The van der Waals surface area contributed by atoms with Gasteiger partial charge in [-0.05, 0) is 24.3 Å². The summed E-state index contributed by atoms with van der Waals surface area (Å²) in [6.07, 6.45) is 0. The summed E-state index contributed by atoms with van der Waals surface area (Å²) in [5, 5.41) is 32.9. The van der Waals surface area contributed by atoms with E-state index in [9.17, 15) is 4.79 Å². The number of carbonyl (C=O) groups excluding carboxylic acids is 1. The standard InChI is InChI=1S/C6H6O2.C3H6O3/c7-5-1-2-6(8)4-3-5;4-1-3(6)2-5/h1-4,7-8H;4-5H,1-2H2. The number of hydrogen-bond acceptors (Lipinski definition) is 5. The SMILES string of the molecule is O=C(CO)CO.Oc1ccc(O)cc1. The van der Waals surface area contributed by atoms with E-state index in [0.29, 0.717) is 0 Å². The van der Waals surface area contributed by atoms with Crippen LogP contribution < -0.4 is 0 Å². The van der Waals surface area contributed by atoms with Gasteiger partial charge in [-0.2, -0.15) is 0 Å². The van der Waals surface area contributed by atoms with Crippen LogP contribution in [0, 0.1) is 0 Å². The quantitative estimate of drug-likeness (QED) is 0.489. The molecule has 1 aromatic rings. The molecule has 1 rings (SSSR count). The Labute approximate surface area is 80.9 Å². The van der Waals surface area contributed by atoms with Crippen molar-refractivity contribution < 1.29 is 25.2 Å². The number of Topliss-reactive ketones (excluding diaryl/α,β-unsaturated/α-hetero) is 1. The monoisotopic (exact) mass is 200 g/mol. The molecule has 0 amide bonds. The molecule has 0 aromatic heterocycles. The zero-order valence-corrected chi connectivity index (χ0v) is 7.42. The largest absolute Gasteiger partial charge is 0.508 e. The molecule has 5 nitrogen and oxygen atoms in total. The van der Waals surface area contributed by atoms with Gasteiger partial charge in [-0.3, -0.25) is 4.79 Å². The first-order chi connectivity index (χ1) is 6.60. The fourth-order valence-corrected chi connectivity index (χ4v) is 0.503. The van der Waals surface area contributed by atoms with Crippen LogP contribution in [0.15, 0.2) is 24.3 Å². The van der Waals surface area contributed by atoms with E-state index in [1.807, 2.05) is 0 Å². The molecule has 0 aliphatic heterocycles. The van der Waals surface area contributed by atoms with Crippen molar-refractivity contribution in [3.05, 3.63) is 24.3 Å². The number of phenols is 2. The van der Waals surface area contributed by atoms with Gasteiger partial charge in [0, 0.05) is 0 Å². The van der Waals surface area contributed by atoms with Gasteiger partial charge in [0.05, 0.1) is 0 Å². The van der Waals surface area contributed by atoms with Crippen LogP contribution in [0.5, 0.6) is 11.5 Å². The first-order valence-corrected chi connectivity index (χ1v) is 3.81. The maximum Gasteiger partial charge on any atom is 0.183 e. The molecule has 14 heavy (non-hydrogen) atoms. The summed E-state index contributed by atoms with van der Waals surface area (Å²) in [5.41, 5.74) is 0. The number of aromatic hydroxyl groups is 2. The van der Waals surface area contributed by atoms with E-state index in [4.69, 9.17) is 20.4 Å². The lowest BCUT2D eigenvalue weighted by molar-refractivity contribution is -0.124. The molecule has 0 spiro atoms. The van der Waals surface area contributed by atoms with Crippen LogP contribution >= 0.6 is 0 Å². The molecule has 0 fully saturated rings. The normalized spacial score (nSPS) is 8.71. The molecule has 0 unspecified atom stereocenters. The number of hydrogen-bond donors (Lipinski definition) is 4. The van der Waals surface area contributed by atoms with E-state index in [1.54, 1.807) is 0 Å². The highest BCUT2D eigenvalue weighted by atomic mass is 16.3. The second kappa shape index (κ2) is 6.88. The molecule has 0 saturated heterocycles. The molecule has 0 bridgehead atoms. The summed E-state index contributed by atoms with van der Waals surface area (Å²) in [4.78, 5) is 9.68. The van der Waals surface area contributed by atoms with E-state index in [-0.39, 0.29) is 11.5 Å². The van der Waals surface area contributed by atoms with Crippen molar-refractivity contribution in [2.45, 2.75) is 0 Å². The molecule has 0 heterocycles. The summed E-state index contributed by atoms with van der Waals surface area (Å²) in [6, 6.07) is 5.70. The number of phenolic OH excluding ortho intramolecular Hbond substituents is 2. The van der Waals surface area contributed by atoms with Crippen molar-refractivity contribution in [3.8, 4) is 11.5 Å². The number of aliphatic hydroxyl groups excluding tert-OH is 2. The van der Waals surface area contributed by atoms with Gasteiger partial charge in [-0.25, -0.2) is 0 Å². The van der Waals surface area contributed by atoms with E-state index in [0.717, 1.165) is 0 Å². The highest BCUT2D eigenvalue weighted by Crippen LogP contribution is 2.13. The molecule has 0 aliphatic rings. The van der Waals surface area contributed by atoms with Crippen LogP contribution in [0.1, 0.15) is 0 Å². The lowest BCUT2D eigenvalue weighted by atomic mass is 10.3. The predicted octanol–water partition coefficient (Wildman–Crippen LogP) is -0.362. The minimum atomic E-state index is -0.559. The van der Waals surface area contributed by atoms with Crippen molar-refractivity contribution in [1.82, 2.24) is 0 Å². The molecule has 0 radical (unpaired) electrons. The molecular weight excluding hydrogens is 188 g/mol. The molecule has 0 saturated carbocycles. The highest BCUT2D eigenvalue weighted by Gasteiger charge is 1.90. The number of aliphatic hydroxyl groups is 2. The lowest BCUT2D eigenvalue weighted by Gasteiger charge is -1.88. The average Bonchev–Trinajstić information content (AvgIpc) is 2.22. The van der Waals surface area contributed by atoms with Gasteiger partial charge in [-0.1, -0.05) is 0 Å². The van der Waals surface area contributed by atoms with Crippen LogP contribution in [0.2, 0.25) is 0 Å². The van der Waals surface area contributed by atoms with Crippen molar-refractivity contribution in [1.29, 1.82) is 0 Å². The molecular formula is C9H12O5. The Morgan fingerprint density at radius 2 is 1.21 bits per heavy atom. The van der Waals surface area contributed by atoms with Crippen molar-refractivity contribution in [2.75, 3.05) is 13.2 Å². The Balaban J connectivity index is 0.000000255. The molecule has 5 heteroatoms. The summed E-state index contributed by atoms with van der Waals surface area (Å²) in [6.45, 7) is -1.12. The van der Waals surface area contributed by atoms with Gasteiger partial charge in [0.15, 0.2) is 5.78 Å². The minimum Gasteiger partial charge on any atom is -0.508 e. The van der Waals surface area contributed by atoms with E-state index in [2.05, 4.69) is 0 Å². The number of carbonyl (C=O) groups is 1. The van der Waals surface area contributed by atoms with Crippen LogP contribution in [0.3, 0.4) is 0 Å². The Kier molecular flexibility index (Phi) is 6.09. The van der Waals surface area contributed by atoms with E-state index < -0.39 is 19.0 Å². The van der Waals surface area contributed by atoms with Crippen LogP contribution in [0.25, 0.3) is 0 Å². The molecule has 4 N–H and O–H groups in total. The summed E-state index contributed by atoms with van der Waals surface area (Å²) in [5.74, 6) is -0.208. The highest BCUT2D eigenvalue weighted by molar-refractivity contribution is 5.80. The van der Waals surface area contributed by atoms with Gasteiger partial charge in [0.25, 0.3) is 0 Å². The van der Waals surface area contributed by atoms with Gasteiger partial charge in [0.1, 0.15) is 24.7 Å². The topological polar surface area (TPSA) is 98.0 Å². The third-order valence-corrected chi connectivity index (χ3v) is 1.20. The summed E-state index contributed by atoms with van der Waals surface area (Å²) in [7, 11) is 0. The van der Waals surface area contributed by atoms with Gasteiger partial charge in [-0.15, -0.1) is 0 Å². The molecule has 0 atom stereocenters. The first kappa shape index (κ1) is 12.4. The Bertz CT molecular complexity index is 240. The molecule has 0 aliphatic carbocycles. The first-order valence-electron chi connectivity index (χ1n) is 3.81. The number of rotatable bonds is 2. The Morgan fingerprint density at radius 3 is 1.36 bits per heavy atom. The fraction of sp³-hybridized carbons (Fsp3) is 0.222. The second-order valence-electron chi connectivity index (χ2n) is 2.37. The zero-order chi connectivity index (χ0) is 11.0. The molecule has 78 valence electrons. The third kappa shape index (κ3) is 5.99. The predicted molar refractivity (Wildman–Crippen MR) is 49.0 cm³/mol. The van der Waals surface area contributed by atoms with Gasteiger partial charge in [0.2, 0.25) is 0 Å². The van der Waals surface area contributed by atoms with Crippen molar-refractivity contribution in [3.63, 3.8) is 0 Å². The maximum atomic E-state index is 9.68. The molecule has 1 aromatic carbocycles. The summed E-state index contributed by atoms with van der Waals surface area (Å²) < 4.78 is 0. The second-order valence-corrected chi connectivity index (χ2v) is 2.37. The minimum absolute atomic E-state index is 0.169. The van der Waals surface area contributed by atoms with Crippen molar-refractivity contribution >= 4 is 5.78 Å². The van der Waals surface area contributed by atoms with E-state index in [1.165, 1.54) is 24.3 Å². The lowest BCUT2D eigenvalue weighted by Crippen LogP contribution is -2.07. The van der Waals surface area contributed by atoms with Gasteiger partial charge >= 0.3 is 0 Å². The van der Waals surface area contributed by atoms with Gasteiger partial charge < -0.3 is 20.4 Å². The summed E-state index contributed by atoms with van der Waals surface area (Å²) >= 11 is 0. The third-order valence-electron chi connectivity index (χ3n) is 1.20. The zero-order valence-electron chi connectivity index (χ0n) is 7.42.